The fraction of sp³-hybridized carbons (Fsp3) is 0.0556. The molecular weight excluding hydrogens is 290 g/mol. The number of amides is 1. The first-order chi connectivity index (χ1) is 11.2. The van der Waals surface area contributed by atoms with Crippen LogP contribution in [-0.2, 0) is 0 Å². The van der Waals surface area contributed by atoms with Crippen molar-refractivity contribution >= 4 is 11.6 Å². The molecule has 0 radical (unpaired) electrons. The summed E-state index contributed by atoms with van der Waals surface area (Å²) in [5, 5.41) is 2.84. The van der Waals surface area contributed by atoms with Crippen LogP contribution in [0.5, 0.6) is 11.5 Å². The lowest BCUT2D eigenvalue weighted by Crippen LogP contribution is -2.11. The van der Waals surface area contributed by atoms with Crippen LogP contribution < -0.4 is 10.1 Å². The number of ether oxygens (including phenoxy) is 1. The number of hydrogen-bond acceptors (Lipinski definition) is 4. The first kappa shape index (κ1) is 14.7. The smallest absolute Gasteiger partial charge is 0.255 e. The van der Waals surface area contributed by atoms with Gasteiger partial charge in [-0.1, -0.05) is 0 Å². The average Bonchev–Trinajstić information content (AvgIpc) is 2.56. The third-order valence-corrected chi connectivity index (χ3v) is 3.14. The largest absolute Gasteiger partial charge is 0.456 e. The summed E-state index contributed by atoms with van der Waals surface area (Å²) in [5.41, 5.74) is 2.12. The van der Waals surface area contributed by atoms with Crippen LogP contribution in [0.1, 0.15) is 16.1 Å². The molecule has 0 aliphatic heterocycles. The molecule has 0 atom stereocenters. The van der Waals surface area contributed by atoms with Gasteiger partial charge in [-0.3, -0.25) is 14.8 Å². The van der Waals surface area contributed by atoms with Crippen molar-refractivity contribution in [3.8, 4) is 11.5 Å². The second-order valence-corrected chi connectivity index (χ2v) is 4.96. The Balaban J connectivity index is 1.68. The Morgan fingerprint density at radius 2 is 1.87 bits per heavy atom. The molecule has 5 heteroatoms. The van der Waals surface area contributed by atoms with E-state index in [2.05, 4.69) is 15.3 Å². The number of benzene rings is 1. The van der Waals surface area contributed by atoms with Gasteiger partial charge in [0, 0.05) is 29.3 Å². The highest BCUT2D eigenvalue weighted by molar-refractivity contribution is 6.04. The molecule has 5 nitrogen and oxygen atoms in total. The van der Waals surface area contributed by atoms with Crippen LogP contribution in [-0.4, -0.2) is 15.9 Å². The van der Waals surface area contributed by atoms with E-state index in [-0.39, 0.29) is 5.91 Å². The number of hydrogen-bond donors (Lipinski definition) is 1. The second kappa shape index (κ2) is 6.70. The molecule has 1 N–H and O–H groups in total. The summed E-state index contributed by atoms with van der Waals surface area (Å²) in [6.45, 7) is 1.88. The van der Waals surface area contributed by atoms with E-state index in [0.717, 1.165) is 11.4 Å². The van der Waals surface area contributed by atoms with Crippen LogP contribution in [0.25, 0.3) is 0 Å². The minimum absolute atomic E-state index is 0.177. The van der Waals surface area contributed by atoms with Crippen molar-refractivity contribution in [3.05, 3.63) is 78.4 Å². The molecule has 0 unspecified atom stereocenters. The van der Waals surface area contributed by atoms with E-state index in [1.54, 1.807) is 55.0 Å². The maximum Gasteiger partial charge on any atom is 0.255 e. The van der Waals surface area contributed by atoms with Crippen LogP contribution >= 0.6 is 0 Å². The minimum atomic E-state index is -0.177. The van der Waals surface area contributed by atoms with E-state index >= 15 is 0 Å². The molecule has 1 amide bonds. The molecule has 2 aromatic heterocycles. The first-order valence-electron chi connectivity index (χ1n) is 7.13. The van der Waals surface area contributed by atoms with Crippen molar-refractivity contribution in [1.29, 1.82) is 0 Å². The van der Waals surface area contributed by atoms with E-state index in [9.17, 15) is 4.79 Å². The van der Waals surface area contributed by atoms with Crippen LogP contribution in [0.4, 0.5) is 5.69 Å². The van der Waals surface area contributed by atoms with E-state index in [1.807, 2.05) is 19.1 Å². The van der Waals surface area contributed by atoms with Crippen molar-refractivity contribution in [1.82, 2.24) is 9.97 Å². The van der Waals surface area contributed by atoms with Gasteiger partial charge in [0.25, 0.3) is 5.91 Å². The molecule has 0 saturated heterocycles. The molecule has 3 aromatic rings. The number of rotatable bonds is 4. The van der Waals surface area contributed by atoms with E-state index < -0.39 is 0 Å². The lowest BCUT2D eigenvalue weighted by Gasteiger charge is -2.07. The third kappa shape index (κ3) is 3.91. The van der Waals surface area contributed by atoms with Gasteiger partial charge in [0.15, 0.2) is 0 Å². The highest BCUT2D eigenvalue weighted by Gasteiger charge is 2.07. The van der Waals surface area contributed by atoms with Gasteiger partial charge in [0.1, 0.15) is 11.5 Å². The number of carbonyl (C=O) groups excluding carboxylic acids is 1. The monoisotopic (exact) mass is 305 g/mol. The number of aromatic nitrogens is 2. The Labute approximate surface area is 134 Å². The van der Waals surface area contributed by atoms with Crippen molar-refractivity contribution in [2.75, 3.05) is 5.32 Å². The van der Waals surface area contributed by atoms with Crippen molar-refractivity contribution in [2.24, 2.45) is 0 Å². The van der Waals surface area contributed by atoms with Crippen molar-refractivity contribution < 1.29 is 9.53 Å². The number of anilines is 1. The standard InChI is InChI=1S/C18H15N3O2/c1-13-11-15(8-10-20-13)21-18(22)14-4-6-16(7-5-14)23-17-3-2-9-19-12-17/h2-12H,1H3,(H,20,21,22). The molecule has 0 spiro atoms. The SMILES string of the molecule is Cc1cc(NC(=O)c2ccc(Oc3cccnc3)cc2)ccn1. The maximum atomic E-state index is 12.2. The molecule has 114 valence electrons. The Hall–Kier alpha value is -3.21. The van der Waals surface area contributed by atoms with Gasteiger partial charge in [-0.2, -0.15) is 0 Å². The van der Waals surface area contributed by atoms with Gasteiger partial charge < -0.3 is 10.1 Å². The van der Waals surface area contributed by atoms with Crippen LogP contribution in [0, 0.1) is 6.92 Å². The highest BCUT2D eigenvalue weighted by Crippen LogP contribution is 2.20. The van der Waals surface area contributed by atoms with E-state index in [4.69, 9.17) is 4.74 Å². The molecule has 23 heavy (non-hydrogen) atoms. The van der Waals surface area contributed by atoms with Crippen LogP contribution in [0.3, 0.4) is 0 Å². The topological polar surface area (TPSA) is 64.1 Å². The minimum Gasteiger partial charge on any atom is -0.456 e. The van der Waals surface area contributed by atoms with Gasteiger partial charge in [-0.05, 0) is 55.5 Å². The molecule has 0 aliphatic rings. The number of nitrogens with zero attached hydrogens (tertiary/aromatic N) is 2. The summed E-state index contributed by atoms with van der Waals surface area (Å²) >= 11 is 0. The predicted octanol–water partition coefficient (Wildman–Crippen LogP) is 3.83. The quantitative estimate of drug-likeness (QED) is 0.795. The number of pyridine rings is 2. The molecule has 0 aliphatic carbocycles. The molecule has 1 aromatic carbocycles. The Morgan fingerprint density at radius 1 is 1.04 bits per heavy atom. The van der Waals surface area contributed by atoms with E-state index in [0.29, 0.717) is 17.1 Å². The van der Waals surface area contributed by atoms with Crippen molar-refractivity contribution in [3.63, 3.8) is 0 Å². The summed E-state index contributed by atoms with van der Waals surface area (Å²) < 4.78 is 5.64. The zero-order valence-electron chi connectivity index (χ0n) is 12.6. The maximum absolute atomic E-state index is 12.2. The molecular formula is C18H15N3O2. The molecule has 0 bridgehead atoms. The Kier molecular flexibility index (Phi) is 4.29. The fourth-order valence-corrected chi connectivity index (χ4v) is 2.04. The summed E-state index contributed by atoms with van der Waals surface area (Å²) in [7, 11) is 0. The van der Waals surface area contributed by atoms with Gasteiger partial charge in [0.2, 0.25) is 0 Å². The second-order valence-electron chi connectivity index (χ2n) is 4.96. The lowest BCUT2D eigenvalue weighted by atomic mass is 10.2. The van der Waals surface area contributed by atoms with Crippen molar-refractivity contribution in [2.45, 2.75) is 6.92 Å². The van der Waals surface area contributed by atoms with Gasteiger partial charge in [-0.15, -0.1) is 0 Å². The van der Waals surface area contributed by atoms with Crippen LogP contribution in [0.2, 0.25) is 0 Å². The Bertz CT molecular complexity index is 802. The normalized spacial score (nSPS) is 10.1. The zero-order valence-corrected chi connectivity index (χ0v) is 12.6. The molecule has 0 fully saturated rings. The average molecular weight is 305 g/mol. The van der Waals surface area contributed by atoms with Crippen LogP contribution in [0.15, 0.2) is 67.1 Å². The first-order valence-corrected chi connectivity index (χ1v) is 7.13. The van der Waals surface area contributed by atoms with E-state index in [1.165, 1.54) is 0 Å². The molecule has 0 saturated carbocycles. The van der Waals surface area contributed by atoms with Gasteiger partial charge in [0.05, 0.1) is 6.20 Å². The summed E-state index contributed by atoms with van der Waals surface area (Å²) in [6, 6.07) is 14.1. The third-order valence-electron chi connectivity index (χ3n) is 3.14. The molecule has 3 rings (SSSR count). The zero-order chi connectivity index (χ0) is 16.1. The summed E-state index contributed by atoms with van der Waals surface area (Å²) in [5.74, 6) is 1.12. The number of aryl methyl sites for hydroxylation is 1. The summed E-state index contributed by atoms with van der Waals surface area (Å²) in [6.07, 6.45) is 4.98. The predicted molar refractivity (Wildman–Crippen MR) is 87.7 cm³/mol. The number of carbonyl (C=O) groups is 1. The Morgan fingerprint density at radius 3 is 2.57 bits per heavy atom. The summed E-state index contributed by atoms with van der Waals surface area (Å²) in [4.78, 5) is 20.3. The van der Waals surface area contributed by atoms with Gasteiger partial charge >= 0.3 is 0 Å². The number of nitrogens with one attached hydrogen (secondary N) is 1. The molecule has 2 heterocycles. The lowest BCUT2D eigenvalue weighted by molar-refractivity contribution is 0.102. The highest BCUT2D eigenvalue weighted by atomic mass is 16.5. The fourth-order valence-electron chi connectivity index (χ4n) is 2.04. The van der Waals surface area contributed by atoms with Gasteiger partial charge in [-0.25, -0.2) is 0 Å².